The quantitative estimate of drug-likeness (QED) is 0.934. The van der Waals surface area contributed by atoms with Crippen molar-refractivity contribution in [2.24, 2.45) is 0 Å². The van der Waals surface area contributed by atoms with E-state index in [1.807, 2.05) is 19.1 Å². The van der Waals surface area contributed by atoms with Gasteiger partial charge in [0.25, 0.3) is 5.91 Å². The molecule has 1 N–H and O–H groups in total. The normalized spacial score (nSPS) is 15.2. The zero-order valence-electron chi connectivity index (χ0n) is 12.8. The van der Waals surface area contributed by atoms with Crippen LogP contribution >= 0.6 is 11.3 Å². The zero-order chi connectivity index (χ0) is 16.2. The minimum Gasteiger partial charge on any atom is -0.354 e. The minimum atomic E-state index is -0.00114. The fourth-order valence-corrected chi connectivity index (χ4v) is 3.46. The van der Waals surface area contributed by atoms with Gasteiger partial charge < -0.3 is 10.2 Å². The summed E-state index contributed by atoms with van der Waals surface area (Å²) >= 11 is 1.51. The summed E-state index contributed by atoms with van der Waals surface area (Å²) in [6.45, 7) is 3.50. The molecule has 23 heavy (non-hydrogen) atoms. The zero-order valence-corrected chi connectivity index (χ0v) is 13.6. The Morgan fingerprint density at radius 3 is 2.74 bits per heavy atom. The maximum absolute atomic E-state index is 12.2. The van der Waals surface area contributed by atoms with Crippen molar-refractivity contribution in [3.63, 3.8) is 0 Å². The van der Waals surface area contributed by atoms with Crippen molar-refractivity contribution in [1.82, 2.24) is 15.3 Å². The number of amides is 1. The predicted molar refractivity (Wildman–Crippen MR) is 88.5 cm³/mol. The van der Waals surface area contributed by atoms with Gasteiger partial charge in [0.1, 0.15) is 6.07 Å². The van der Waals surface area contributed by atoms with Gasteiger partial charge in [0.05, 0.1) is 4.88 Å². The summed E-state index contributed by atoms with van der Waals surface area (Å²) in [4.78, 5) is 24.5. The first-order valence-electron chi connectivity index (χ1n) is 7.50. The molecule has 1 saturated heterocycles. The highest BCUT2D eigenvalue weighted by molar-refractivity contribution is 7.13. The molecule has 118 valence electrons. The van der Waals surface area contributed by atoms with Crippen molar-refractivity contribution in [2.75, 3.05) is 18.0 Å². The summed E-state index contributed by atoms with van der Waals surface area (Å²) in [6.07, 6.45) is 4.79. The van der Waals surface area contributed by atoms with Crippen molar-refractivity contribution in [2.45, 2.75) is 25.8 Å². The summed E-state index contributed by atoms with van der Waals surface area (Å²) in [5.41, 5.74) is 0.351. The third-order valence-corrected chi connectivity index (χ3v) is 4.88. The topological polar surface area (TPSA) is 81.9 Å². The molecular formula is C16H17N5OS. The van der Waals surface area contributed by atoms with Crippen LogP contribution in [0.1, 0.15) is 33.1 Å². The van der Waals surface area contributed by atoms with Gasteiger partial charge in [0.15, 0.2) is 11.5 Å². The van der Waals surface area contributed by atoms with Gasteiger partial charge in [-0.2, -0.15) is 5.26 Å². The Morgan fingerprint density at radius 1 is 1.35 bits per heavy atom. The maximum atomic E-state index is 12.2. The highest BCUT2D eigenvalue weighted by atomic mass is 32.1. The number of nitrogens with one attached hydrogen (secondary N) is 1. The van der Waals surface area contributed by atoms with E-state index in [4.69, 9.17) is 5.26 Å². The number of thiophene rings is 1. The number of hydrogen-bond donors (Lipinski definition) is 1. The van der Waals surface area contributed by atoms with Crippen LogP contribution < -0.4 is 10.2 Å². The molecule has 1 fully saturated rings. The molecule has 0 spiro atoms. The number of aryl methyl sites for hydroxylation is 1. The molecule has 0 aliphatic carbocycles. The lowest BCUT2D eigenvalue weighted by molar-refractivity contribution is 0.0935. The van der Waals surface area contributed by atoms with Crippen molar-refractivity contribution in [3.05, 3.63) is 40.0 Å². The van der Waals surface area contributed by atoms with Crippen LogP contribution in [0.15, 0.2) is 24.5 Å². The van der Waals surface area contributed by atoms with Gasteiger partial charge in [-0.05, 0) is 31.9 Å². The fraction of sp³-hybridized carbons (Fsp3) is 0.375. The molecule has 0 radical (unpaired) electrons. The Kier molecular flexibility index (Phi) is 4.53. The number of piperidine rings is 1. The number of anilines is 1. The van der Waals surface area contributed by atoms with Crippen LogP contribution in [0.2, 0.25) is 0 Å². The van der Waals surface area contributed by atoms with Crippen LogP contribution in [0.3, 0.4) is 0 Å². The van der Waals surface area contributed by atoms with E-state index < -0.39 is 0 Å². The molecule has 7 heteroatoms. The Balaban J connectivity index is 1.58. The molecule has 2 aromatic rings. The van der Waals surface area contributed by atoms with E-state index in [1.165, 1.54) is 17.5 Å². The van der Waals surface area contributed by atoms with E-state index in [-0.39, 0.29) is 11.9 Å². The van der Waals surface area contributed by atoms with Crippen molar-refractivity contribution in [3.8, 4) is 6.07 Å². The first-order chi connectivity index (χ1) is 11.2. The maximum Gasteiger partial charge on any atom is 0.261 e. The van der Waals surface area contributed by atoms with Crippen LogP contribution in [-0.2, 0) is 0 Å². The molecule has 3 heterocycles. The summed E-state index contributed by atoms with van der Waals surface area (Å²) in [5, 5.41) is 12.2. The fourth-order valence-electron chi connectivity index (χ4n) is 2.69. The van der Waals surface area contributed by atoms with Crippen molar-refractivity contribution < 1.29 is 4.79 Å². The second kappa shape index (κ2) is 6.75. The van der Waals surface area contributed by atoms with Gasteiger partial charge in [0, 0.05) is 36.4 Å². The van der Waals surface area contributed by atoms with Gasteiger partial charge in [-0.1, -0.05) is 0 Å². The predicted octanol–water partition coefficient (Wildman–Crippen LogP) is 2.12. The third kappa shape index (κ3) is 3.48. The second-order valence-corrected chi connectivity index (χ2v) is 6.77. The summed E-state index contributed by atoms with van der Waals surface area (Å²) in [5.74, 6) is 0.632. The molecule has 2 aromatic heterocycles. The molecule has 0 saturated carbocycles. The SMILES string of the molecule is Cc1ccc(C(=O)NC2CCN(c3nccnc3C#N)CC2)s1. The van der Waals surface area contributed by atoms with Gasteiger partial charge in [0.2, 0.25) is 0 Å². The third-order valence-electron chi connectivity index (χ3n) is 3.88. The van der Waals surface area contributed by atoms with E-state index in [2.05, 4.69) is 26.3 Å². The molecule has 6 nitrogen and oxygen atoms in total. The first-order valence-corrected chi connectivity index (χ1v) is 8.32. The average Bonchev–Trinajstić information content (AvgIpc) is 3.02. The molecule has 0 bridgehead atoms. The van der Waals surface area contributed by atoms with E-state index in [0.717, 1.165) is 35.7 Å². The molecule has 1 aliphatic rings. The standard InChI is InChI=1S/C16H17N5OS/c1-11-2-3-14(23-11)16(22)20-12-4-8-21(9-5-12)15-13(10-17)18-6-7-19-15/h2-3,6-7,12H,4-5,8-9H2,1H3,(H,20,22). The number of nitrogens with zero attached hydrogens (tertiary/aromatic N) is 4. The van der Waals surface area contributed by atoms with Crippen molar-refractivity contribution in [1.29, 1.82) is 5.26 Å². The molecular weight excluding hydrogens is 310 g/mol. The number of carbonyl (C=O) groups is 1. The van der Waals surface area contributed by atoms with Gasteiger partial charge in [-0.15, -0.1) is 11.3 Å². The van der Waals surface area contributed by atoms with Crippen LogP contribution in [0, 0.1) is 18.3 Å². The van der Waals surface area contributed by atoms with E-state index >= 15 is 0 Å². The van der Waals surface area contributed by atoms with Crippen LogP contribution in [0.5, 0.6) is 0 Å². The van der Waals surface area contributed by atoms with Crippen LogP contribution in [0.25, 0.3) is 0 Å². The van der Waals surface area contributed by atoms with E-state index in [1.54, 1.807) is 6.20 Å². The smallest absolute Gasteiger partial charge is 0.261 e. The lowest BCUT2D eigenvalue weighted by atomic mass is 10.0. The Labute approximate surface area is 138 Å². The molecule has 0 atom stereocenters. The molecule has 0 aromatic carbocycles. The minimum absolute atomic E-state index is 0.00114. The Hall–Kier alpha value is -2.46. The number of carbonyl (C=O) groups excluding carboxylic acids is 1. The van der Waals surface area contributed by atoms with Gasteiger partial charge in [-0.3, -0.25) is 4.79 Å². The summed E-state index contributed by atoms with van der Waals surface area (Å²) < 4.78 is 0. The highest BCUT2D eigenvalue weighted by Gasteiger charge is 2.24. The van der Waals surface area contributed by atoms with Crippen molar-refractivity contribution >= 4 is 23.1 Å². The van der Waals surface area contributed by atoms with E-state index in [0.29, 0.717) is 11.5 Å². The largest absolute Gasteiger partial charge is 0.354 e. The highest BCUT2D eigenvalue weighted by Crippen LogP contribution is 2.21. The molecule has 1 amide bonds. The Morgan fingerprint density at radius 2 is 2.09 bits per heavy atom. The lowest BCUT2D eigenvalue weighted by Crippen LogP contribution is -2.45. The molecule has 1 aliphatic heterocycles. The number of aromatic nitrogens is 2. The number of nitriles is 1. The molecule has 0 unspecified atom stereocenters. The Bertz CT molecular complexity index is 743. The molecule has 3 rings (SSSR count). The van der Waals surface area contributed by atoms with E-state index in [9.17, 15) is 4.79 Å². The summed E-state index contributed by atoms with van der Waals surface area (Å²) in [7, 11) is 0. The monoisotopic (exact) mass is 327 g/mol. The average molecular weight is 327 g/mol. The van der Waals surface area contributed by atoms with Crippen LogP contribution in [-0.4, -0.2) is 35.0 Å². The summed E-state index contributed by atoms with van der Waals surface area (Å²) in [6, 6.07) is 6.05. The lowest BCUT2D eigenvalue weighted by Gasteiger charge is -2.33. The van der Waals surface area contributed by atoms with Gasteiger partial charge in [-0.25, -0.2) is 9.97 Å². The van der Waals surface area contributed by atoms with Gasteiger partial charge >= 0.3 is 0 Å². The number of rotatable bonds is 3. The number of hydrogen-bond acceptors (Lipinski definition) is 6. The second-order valence-electron chi connectivity index (χ2n) is 5.49. The first kappa shape index (κ1) is 15.4. The van der Waals surface area contributed by atoms with Crippen LogP contribution in [0.4, 0.5) is 5.82 Å².